The molecule has 5 rings (SSSR count). The van der Waals surface area contributed by atoms with E-state index in [0.717, 1.165) is 42.5 Å². The molecule has 0 unspecified atom stereocenters. The van der Waals surface area contributed by atoms with E-state index in [0.29, 0.717) is 17.3 Å². The van der Waals surface area contributed by atoms with Gasteiger partial charge in [0, 0.05) is 17.8 Å². The third-order valence-electron chi connectivity index (χ3n) is 5.73. The van der Waals surface area contributed by atoms with Crippen LogP contribution in [0.25, 0.3) is 16.6 Å². The van der Waals surface area contributed by atoms with E-state index in [1.54, 1.807) is 12.4 Å². The fourth-order valence-electron chi connectivity index (χ4n) is 4.05. The van der Waals surface area contributed by atoms with E-state index in [9.17, 15) is 4.79 Å². The van der Waals surface area contributed by atoms with Gasteiger partial charge in [0.1, 0.15) is 17.7 Å². The van der Waals surface area contributed by atoms with E-state index in [1.807, 2.05) is 28.7 Å². The lowest BCUT2D eigenvalue weighted by atomic mass is 9.91. The first-order valence-electron chi connectivity index (χ1n) is 9.85. The highest BCUT2D eigenvalue weighted by atomic mass is 16.1. The first-order valence-corrected chi connectivity index (χ1v) is 9.85. The summed E-state index contributed by atoms with van der Waals surface area (Å²) in [6.45, 7) is 2.20. The fraction of sp³-hybridized carbons (Fsp3) is 0.273. The van der Waals surface area contributed by atoms with Crippen molar-refractivity contribution in [3.8, 4) is 0 Å². The molecule has 1 N–H and O–H groups in total. The molecule has 4 heterocycles. The number of hydrogen-bond donors (Lipinski definition) is 1. The summed E-state index contributed by atoms with van der Waals surface area (Å²) in [5.74, 6) is 0.313. The van der Waals surface area contributed by atoms with Crippen LogP contribution in [0.15, 0.2) is 55.2 Å². The van der Waals surface area contributed by atoms with E-state index in [-0.39, 0.29) is 5.91 Å². The molecule has 7 nitrogen and oxygen atoms in total. The molecule has 1 saturated heterocycles. The van der Waals surface area contributed by atoms with Crippen molar-refractivity contribution in [2.75, 3.05) is 25.5 Å². The van der Waals surface area contributed by atoms with Crippen molar-refractivity contribution in [3.05, 3.63) is 66.5 Å². The highest BCUT2D eigenvalue weighted by molar-refractivity contribution is 6.07. The molecule has 0 atom stereocenters. The molecule has 1 fully saturated rings. The van der Waals surface area contributed by atoms with Crippen LogP contribution in [0.1, 0.15) is 34.8 Å². The largest absolute Gasteiger partial charge is 0.319 e. The van der Waals surface area contributed by atoms with Gasteiger partial charge in [-0.05, 0) is 56.6 Å². The molecule has 0 spiro atoms. The number of fused-ring (bicyclic) bond motifs is 2. The predicted octanol–water partition coefficient (Wildman–Crippen LogP) is 3.34. The molecular formula is C22H22N6O. The zero-order chi connectivity index (χ0) is 19.8. The van der Waals surface area contributed by atoms with Crippen molar-refractivity contribution in [2.45, 2.75) is 18.8 Å². The molecule has 0 aliphatic carbocycles. The summed E-state index contributed by atoms with van der Waals surface area (Å²) in [6, 6.07) is 9.79. The van der Waals surface area contributed by atoms with Crippen LogP contribution in [0.2, 0.25) is 0 Å². The van der Waals surface area contributed by atoms with E-state index in [4.69, 9.17) is 0 Å². The second kappa shape index (κ2) is 7.25. The number of anilines is 1. The Kier molecular flexibility index (Phi) is 4.44. The lowest BCUT2D eigenvalue weighted by molar-refractivity contribution is 0.102. The Morgan fingerprint density at radius 2 is 1.97 bits per heavy atom. The maximum Gasteiger partial charge on any atom is 0.274 e. The van der Waals surface area contributed by atoms with Crippen LogP contribution in [0.3, 0.4) is 0 Å². The molecule has 146 valence electrons. The van der Waals surface area contributed by atoms with Crippen LogP contribution >= 0.6 is 0 Å². The Morgan fingerprint density at radius 3 is 2.83 bits per heavy atom. The minimum absolute atomic E-state index is 0.205. The van der Waals surface area contributed by atoms with Gasteiger partial charge in [-0.15, -0.1) is 0 Å². The molecule has 1 aromatic carbocycles. The van der Waals surface area contributed by atoms with Crippen molar-refractivity contribution < 1.29 is 4.79 Å². The number of hydrogen-bond acceptors (Lipinski definition) is 5. The van der Waals surface area contributed by atoms with Gasteiger partial charge in [-0.1, -0.05) is 18.2 Å². The Balaban J connectivity index is 1.46. The van der Waals surface area contributed by atoms with Gasteiger partial charge in [-0.3, -0.25) is 9.20 Å². The van der Waals surface area contributed by atoms with Crippen molar-refractivity contribution in [1.82, 2.24) is 24.3 Å². The van der Waals surface area contributed by atoms with Gasteiger partial charge in [-0.25, -0.2) is 15.0 Å². The number of para-hydroxylation sites is 1. The fourth-order valence-corrected chi connectivity index (χ4v) is 4.05. The summed E-state index contributed by atoms with van der Waals surface area (Å²) in [7, 11) is 2.16. The smallest absolute Gasteiger partial charge is 0.274 e. The monoisotopic (exact) mass is 386 g/mol. The third-order valence-corrected chi connectivity index (χ3v) is 5.73. The number of carbonyl (C=O) groups excluding carboxylic acids is 1. The normalized spacial score (nSPS) is 15.8. The third kappa shape index (κ3) is 3.34. The standard InChI is InChI=1S/C22H22N6O/c1-27-9-7-15(8-10-27)17-5-6-20-24-12-19(28(20)13-17)22(29)26-18-4-2-3-16-11-23-14-25-21(16)18/h2-6,11-15H,7-10H2,1H3,(H,26,29). The molecule has 29 heavy (non-hydrogen) atoms. The van der Waals surface area contributed by atoms with Crippen molar-refractivity contribution in [1.29, 1.82) is 0 Å². The van der Waals surface area contributed by atoms with Crippen molar-refractivity contribution in [2.24, 2.45) is 0 Å². The quantitative estimate of drug-likeness (QED) is 0.584. The van der Waals surface area contributed by atoms with Crippen LogP contribution in [-0.2, 0) is 0 Å². The van der Waals surface area contributed by atoms with Gasteiger partial charge in [0.15, 0.2) is 0 Å². The second-order valence-electron chi connectivity index (χ2n) is 7.63. The average molecular weight is 386 g/mol. The Hall–Kier alpha value is -3.32. The molecule has 1 aliphatic rings. The zero-order valence-corrected chi connectivity index (χ0v) is 16.2. The number of carbonyl (C=O) groups is 1. The number of nitrogens with zero attached hydrogens (tertiary/aromatic N) is 5. The summed E-state index contributed by atoms with van der Waals surface area (Å²) in [6.07, 6.45) is 9.18. The minimum atomic E-state index is -0.205. The van der Waals surface area contributed by atoms with Gasteiger partial charge in [-0.2, -0.15) is 0 Å². The van der Waals surface area contributed by atoms with Gasteiger partial charge in [0.25, 0.3) is 5.91 Å². The molecule has 0 radical (unpaired) electrons. The Bertz CT molecular complexity index is 1190. The first kappa shape index (κ1) is 17.8. The molecule has 1 amide bonds. The van der Waals surface area contributed by atoms with Crippen LogP contribution in [0.5, 0.6) is 0 Å². The number of nitrogens with one attached hydrogen (secondary N) is 1. The van der Waals surface area contributed by atoms with Gasteiger partial charge in [0.05, 0.1) is 17.4 Å². The van der Waals surface area contributed by atoms with E-state index in [1.165, 1.54) is 11.9 Å². The average Bonchev–Trinajstić information content (AvgIpc) is 3.18. The number of piperidine rings is 1. The van der Waals surface area contributed by atoms with Crippen LogP contribution in [0, 0.1) is 0 Å². The number of amides is 1. The Labute approximate surface area is 168 Å². The maximum absolute atomic E-state index is 13.0. The van der Waals surface area contributed by atoms with Crippen LogP contribution in [0.4, 0.5) is 5.69 Å². The van der Waals surface area contributed by atoms with Crippen LogP contribution in [-0.4, -0.2) is 50.3 Å². The number of imidazole rings is 1. The summed E-state index contributed by atoms with van der Waals surface area (Å²) in [5.41, 5.74) is 3.93. The van der Waals surface area contributed by atoms with Gasteiger partial charge < -0.3 is 10.2 Å². The second-order valence-corrected chi connectivity index (χ2v) is 7.63. The molecule has 0 saturated carbocycles. The van der Waals surface area contributed by atoms with E-state index in [2.05, 4.69) is 44.5 Å². The number of benzene rings is 1. The molecule has 0 bridgehead atoms. The first-order chi connectivity index (χ1) is 14.2. The predicted molar refractivity (Wildman–Crippen MR) is 112 cm³/mol. The van der Waals surface area contributed by atoms with E-state index >= 15 is 0 Å². The molecule has 3 aromatic heterocycles. The maximum atomic E-state index is 13.0. The Morgan fingerprint density at radius 1 is 1.10 bits per heavy atom. The van der Waals surface area contributed by atoms with Crippen LogP contribution < -0.4 is 5.32 Å². The number of rotatable bonds is 3. The molecule has 1 aliphatic heterocycles. The number of aromatic nitrogens is 4. The van der Waals surface area contributed by atoms with Crippen molar-refractivity contribution >= 4 is 28.1 Å². The molecule has 4 aromatic rings. The molecular weight excluding hydrogens is 364 g/mol. The highest BCUT2D eigenvalue weighted by Gasteiger charge is 2.20. The summed E-state index contributed by atoms with van der Waals surface area (Å²) in [5, 5.41) is 3.87. The van der Waals surface area contributed by atoms with E-state index < -0.39 is 0 Å². The minimum Gasteiger partial charge on any atom is -0.319 e. The van der Waals surface area contributed by atoms with Gasteiger partial charge >= 0.3 is 0 Å². The lowest BCUT2D eigenvalue weighted by Gasteiger charge is -2.29. The summed E-state index contributed by atoms with van der Waals surface area (Å²) in [4.78, 5) is 28.2. The number of likely N-dealkylation sites (tertiary alicyclic amines) is 1. The lowest BCUT2D eigenvalue weighted by Crippen LogP contribution is -2.29. The molecule has 7 heteroatoms. The number of pyridine rings is 1. The topological polar surface area (TPSA) is 75.4 Å². The highest BCUT2D eigenvalue weighted by Crippen LogP contribution is 2.28. The SMILES string of the molecule is CN1CCC(c2ccc3ncc(C(=O)Nc4cccc5cncnc45)n3c2)CC1. The van der Waals surface area contributed by atoms with Gasteiger partial charge in [0.2, 0.25) is 0 Å². The summed E-state index contributed by atoms with van der Waals surface area (Å²) >= 11 is 0. The van der Waals surface area contributed by atoms with Crippen molar-refractivity contribution in [3.63, 3.8) is 0 Å². The zero-order valence-electron chi connectivity index (χ0n) is 16.2. The summed E-state index contributed by atoms with van der Waals surface area (Å²) < 4.78 is 1.89.